The molecule has 1 aromatic heterocycles. The Morgan fingerprint density at radius 3 is 2.96 bits per heavy atom. The number of aromatic amines is 1. The fourth-order valence-electron chi connectivity index (χ4n) is 3.87. The van der Waals surface area contributed by atoms with Gasteiger partial charge >= 0.3 is 0 Å². The second kappa shape index (κ2) is 7.67. The van der Waals surface area contributed by atoms with Crippen LogP contribution in [0.25, 0.3) is 10.8 Å². The van der Waals surface area contributed by atoms with Crippen molar-refractivity contribution < 1.29 is 4.79 Å². The highest BCUT2D eigenvalue weighted by Crippen LogP contribution is 2.29. The van der Waals surface area contributed by atoms with Crippen molar-refractivity contribution in [3.05, 3.63) is 80.7 Å². The lowest BCUT2D eigenvalue weighted by atomic mass is 9.87. The van der Waals surface area contributed by atoms with Gasteiger partial charge in [-0.3, -0.25) is 9.59 Å². The molecule has 0 bridgehead atoms. The Balaban J connectivity index is 1.45. The maximum Gasteiger partial charge on any atom is 0.255 e. The maximum atomic E-state index is 12.5. The van der Waals surface area contributed by atoms with Crippen molar-refractivity contribution in [1.29, 1.82) is 0 Å². The zero-order chi connectivity index (χ0) is 18.8. The van der Waals surface area contributed by atoms with Gasteiger partial charge in [0.1, 0.15) is 0 Å². The number of ketones is 1. The van der Waals surface area contributed by atoms with Gasteiger partial charge in [-0.05, 0) is 59.5 Å². The number of fused-ring (bicyclic) bond motifs is 2. The maximum absolute atomic E-state index is 12.5. The van der Waals surface area contributed by atoms with Crippen LogP contribution in [0.4, 0.5) is 0 Å². The molecule has 0 amide bonds. The van der Waals surface area contributed by atoms with Crippen LogP contribution in [0.15, 0.2) is 53.5 Å². The van der Waals surface area contributed by atoms with Crippen LogP contribution in [-0.2, 0) is 17.6 Å². The molecule has 27 heavy (non-hydrogen) atoms. The third kappa shape index (κ3) is 3.82. The van der Waals surface area contributed by atoms with Gasteiger partial charge in [0.15, 0.2) is 5.78 Å². The number of nitrogens with one attached hydrogen (secondary N) is 2. The van der Waals surface area contributed by atoms with Crippen molar-refractivity contribution in [3.63, 3.8) is 0 Å². The Bertz CT molecular complexity index is 1060. The largest absolute Gasteiger partial charge is 0.329 e. The monoisotopic (exact) mass is 380 g/mol. The van der Waals surface area contributed by atoms with E-state index in [0.29, 0.717) is 17.0 Å². The number of hydrogen-bond donors (Lipinski definition) is 2. The molecule has 1 atom stereocenters. The summed E-state index contributed by atoms with van der Waals surface area (Å²) < 4.78 is 0. The third-order valence-electron chi connectivity index (χ3n) is 5.24. The lowest BCUT2D eigenvalue weighted by Crippen LogP contribution is -2.30. The van der Waals surface area contributed by atoms with Crippen molar-refractivity contribution in [2.75, 3.05) is 6.54 Å². The zero-order valence-electron chi connectivity index (χ0n) is 14.9. The Kier molecular flexibility index (Phi) is 5.10. The molecule has 1 aliphatic rings. The van der Waals surface area contributed by atoms with E-state index in [1.807, 2.05) is 12.1 Å². The molecule has 0 saturated heterocycles. The Hall–Kier alpha value is -2.43. The van der Waals surface area contributed by atoms with Crippen LogP contribution in [0.2, 0.25) is 5.02 Å². The summed E-state index contributed by atoms with van der Waals surface area (Å²) in [6.07, 6.45) is 5.14. The number of aryl methyl sites for hydroxylation is 1. The summed E-state index contributed by atoms with van der Waals surface area (Å²) in [4.78, 5) is 27.0. The first-order valence-electron chi connectivity index (χ1n) is 9.24. The molecule has 5 heteroatoms. The van der Waals surface area contributed by atoms with E-state index >= 15 is 0 Å². The smallest absolute Gasteiger partial charge is 0.255 e. The highest BCUT2D eigenvalue weighted by atomic mass is 35.5. The molecule has 0 fully saturated rings. The molecule has 1 aliphatic carbocycles. The molecule has 4 rings (SSSR count). The minimum Gasteiger partial charge on any atom is -0.329 e. The molecule has 4 nitrogen and oxygen atoms in total. The van der Waals surface area contributed by atoms with E-state index in [2.05, 4.69) is 34.6 Å². The first-order valence-corrected chi connectivity index (χ1v) is 9.62. The fraction of sp³-hybridized carbons (Fsp3) is 0.273. The standard InChI is InChI=1S/C22H21ClN2O2/c23-20-12-19-15(8-9-24-22(19)27)10-16(20)11-17(26)13-25-21-7-3-5-14-4-1-2-6-18(14)21/h1-2,4,6,8-10,12,21,25H,3,5,7,11,13H2,(H,24,27). The quantitative estimate of drug-likeness (QED) is 0.704. The second-order valence-electron chi connectivity index (χ2n) is 7.08. The van der Waals surface area contributed by atoms with E-state index in [-0.39, 0.29) is 23.8 Å². The third-order valence-corrected chi connectivity index (χ3v) is 5.60. The summed E-state index contributed by atoms with van der Waals surface area (Å²) in [6.45, 7) is 0.308. The molecule has 1 unspecified atom stereocenters. The first-order chi connectivity index (χ1) is 13.1. The van der Waals surface area contributed by atoms with Gasteiger partial charge < -0.3 is 10.3 Å². The van der Waals surface area contributed by atoms with Crippen molar-refractivity contribution in [1.82, 2.24) is 10.3 Å². The number of carbonyl (C=O) groups is 1. The molecule has 0 saturated carbocycles. The predicted octanol–water partition coefficient (Wildman–Crippen LogP) is 3.96. The van der Waals surface area contributed by atoms with Crippen LogP contribution >= 0.6 is 11.6 Å². The van der Waals surface area contributed by atoms with E-state index in [4.69, 9.17) is 11.6 Å². The molecule has 0 radical (unpaired) electrons. The van der Waals surface area contributed by atoms with E-state index in [0.717, 1.165) is 30.2 Å². The van der Waals surface area contributed by atoms with Crippen molar-refractivity contribution in [3.8, 4) is 0 Å². The Labute approximate surface area is 162 Å². The SMILES string of the molecule is O=C(CNC1CCCc2ccccc21)Cc1cc2cc[nH]c(=O)c2cc1Cl. The molecule has 0 aliphatic heterocycles. The van der Waals surface area contributed by atoms with Gasteiger partial charge in [0.25, 0.3) is 5.56 Å². The molecule has 3 aromatic rings. The van der Waals surface area contributed by atoms with Gasteiger partial charge in [-0.25, -0.2) is 0 Å². The summed E-state index contributed by atoms with van der Waals surface area (Å²) in [5, 5.41) is 5.20. The van der Waals surface area contributed by atoms with Crippen molar-refractivity contribution >= 4 is 28.2 Å². The van der Waals surface area contributed by atoms with Crippen molar-refractivity contribution in [2.45, 2.75) is 31.7 Å². The van der Waals surface area contributed by atoms with Gasteiger partial charge in [-0.1, -0.05) is 35.9 Å². The van der Waals surface area contributed by atoms with E-state index in [1.165, 1.54) is 11.1 Å². The minimum atomic E-state index is -0.176. The van der Waals surface area contributed by atoms with E-state index < -0.39 is 0 Å². The zero-order valence-corrected chi connectivity index (χ0v) is 15.7. The molecule has 1 heterocycles. The minimum absolute atomic E-state index is 0.0872. The average Bonchev–Trinajstić information content (AvgIpc) is 2.68. The molecular formula is C22H21ClN2O2. The molecule has 2 N–H and O–H groups in total. The number of benzene rings is 2. The van der Waals surface area contributed by atoms with Gasteiger partial charge in [0.05, 0.1) is 6.54 Å². The molecule has 0 spiro atoms. The molecular weight excluding hydrogens is 360 g/mol. The van der Waals surface area contributed by atoms with Crippen LogP contribution in [0.1, 0.15) is 35.6 Å². The highest BCUT2D eigenvalue weighted by Gasteiger charge is 2.20. The summed E-state index contributed by atoms with van der Waals surface area (Å²) in [6, 6.07) is 14.0. The normalized spacial score (nSPS) is 16.3. The Morgan fingerprint density at radius 1 is 1.22 bits per heavy atom. The van der Waals surface area contributed by atoms with Gasteiger partial charge in [0.2, 0.25) is 0 Å². The van der Waals surface area contributed by atoms with Crippen LogP contribution in [0, 0.1) is 0 Å². The number of H-pyrrole nitrogens is 1. The van der Waals surface area contributed by atoms with E-state index in [9.17, 15) is 9.59 Å². The van der Waals surface area contributed by atoms with Crippen LogP contribution in [0.5, 0.6) is 0 Å². The summed E-state index contributed by atoms with van der Waals surface area (Å²) in [5.74, 6) is 0.0872. The van der Waals surface area contributed by atoms with Crippen LogP contribution < -0.4 is 10.9 Å². The lowest BCUT2D eigenvalue weighted by Gasteiger charge is -2.26. The molecule has 138 valence electrons. The van der Waals surface area contributed by atoms with E-state index in [1.54, 1.807) is 12.3 Å². The second-order valence-corrected chi connectivity index (χ2v) is 7.48. The van der Waals surface area contributed by atoms with Crippen LogP contribution in [0.3, 0.4) is 0 Å². The summed E-state index contributed by atoms with van der Waals surface area (Å²) >= 11 is 6.31. The van der Waals surface area contributed by atoms with Gasteiger partial charge in [0, 0.05) is 29.1 Å². The first kappa shape index (κ1) is 18.0. The fourth-order valence-corrected chi connectivity index (χ4v) is 4.10. The number of aromatic nitrogens is 1. The predicted molar refractivity (Wildman–Crippen MR) is 108 cm³/mol. The number of hydrogen-bond acceptors (Lipinski definition) is 3. The number of rotatable bonds is 5. The number of halogens is 1. The van der Waals surface area contributed by atoms with Crippen LogP contribution in [-0.4, -0.2) is 17.3 Å². The van der Waals surface area contributed by atoms with Gasteiger partial charge in [-0.2, -0.15) is 0 Å². The number of carbonyl (C=O) groups excluding carboxylic acids is 1. The topological polar surface area (TPSA) is 62.0 Å². The average molecular weight is 381 g/mol. The highest BCUT2D eigenvalue weighted by molar-refractivity contribution is 6.32. The summed E-state index contributed by atoms with van der Waals surface area (Å²) in [7, 11) is 0. The molecule has 2 aromatic carbocycles. The summed E-state index contributed by atoms with van der Waals surface area (Å²) in [5.41, 5.74) is 3.26. The Morgan fingerprint density at radius 2 is 2.07 bits per heavy atom. The lowest BCUT2D eigenvalue weighted by molar-refractivity contribution is -0.117. The van der Waals surface area contributed by atoms with Crippen molar-refractivity contribution in [2.24, 2.45) is 0 Å². The number of Topliss-reactive ketones (excluding diaryl/α,β-unsaturated/α-hetero) is 1. The number of pyridine rings is 1. The van der Waals surface area contributed by atoms with Gasteiger partial charge in [-0.15, -0.1) is 0 Å².